The molecule has 5 heteroatoms. The number of rotatable bonds is 10. The summed E-state index contributed by atoms with van der Waals surface area (Å²) >= 11 is 6.42. The van der Waals surface area contributed by atoms with E-state index in [0.29, 0.717) is 24.7 Å². The maximum Gasteiger partial charge on any atom is 0.306 e. The molecule has 1 aromatic carbocycles. The zero-order chi connectivity index (χ0) is 22.6. The Balaban J connectivity index is 1.52. The largest absolute Gasteiger partial charge is 0.490 e. The summed E-state index contributed by atoms with van der Waals surface area (Å²) in [6.45, 7) is 12.2. The average Bonchev–Trinajstić information content (AvgIpc) is 3.22. The predicted octanol–water partition coefficient (Wildman–Crippen LogP) is 6.93. The molecule has 0 heterocycles. The number of fused-ring (bicyclic) bond motifs is 2. The average molecular weight is 459 g/mol. The SMILES string of the molecule is C=Cc1cc(CCC(=O)O[C@H]2C3C=C(/C=C/C[Si](C)(C)Cl)C2CC3)ccc1OC(C)C. The first-order valence-corrected chi connectivity index (χ1v) is 15.6. The third kappa shape index (κ3) is 6.60. The van der Waals surface area contributed by atoms with Crippen LogP contribution in [0.3, 0.4) is 0 Å². The van der Waals surface area contributed by atoms with Crippen LogP contribution in [-0.2, 0) is 16.0 Å². The Morgan fingerprint density at radius 1 is 1.32 bits per heavy atom. The van der Waals surface area contributed by atoms with Gasteiger partial charge in [-0.1, -0.05) is 50.0 Å². The Morgan fingerprint density at radius 3 is 2.77 bits per heavy atom. The summed E-state index contributed by atoms with van der Waals surface area (Å²) in [5.74, 6) is 1.41. The van der Waals surface area contributed by atoms with E-state index in [1.165, 1.54) is 5.57 Å². The molecule has 2 unspecified atom stereocenters. The van der Waals surface area contributed by atoms with Gasteiger partial charge in [-0.15, -0.1) is 0 Å². The van der Waals surface area contributed by atoms with Gasteiger partial charge in [0.2, 0.25) is 0 Å². The van der Waals surface area contributed by atoms with Crippen molar-refractivity contribution in [1.29, 1.82) is 0 Å². The fourth-order valence-corrected chi connectivity index (χ4v) is 5.41. The molecular weight excluding hydrogens is 424 g/mol. The van der Waals surface area contributed by atoms with Crippen LogP contribution in [0.4, 0.5) is 0 Å². The Bertz CT molecular complexity index is 866. The highest BCUT2D eigenvalue weighted by molar-refractivity contribution is 7.19. The maximum absolute atomic E-state index is 12.6. The van der Waals surface area contributed by atoms with Gasteiger partial charge in [0.25, 0.3) is 0 Å². The van der Waals surface area contributed by atoms with E-state index in [9.17, 15) is 4.79 Å². The van der Waals surface area contributed by atoms with Gasteiger partial charge in [-0.05, 0) is 62.4 Å². The first-order valence-electron chi connectivity index (χ1n) is 11.3. The van der Waals surface area contributed by atoms with E-state index in [-0.39, 0.29) is 18.2 Å². The molecule has 2 aliphatic carbocycles. The number of ether oxygens (including phenoxy) is 2. The minimum absolute atomic E-state index is 0.000962. The zero-order valence-corrected chi connectivity index (χ0v) is 21.0. The Kier molecular flexibility index (Phi) is 7.87. The Labute approximate surface area is 192 Å². The molecule has 0 radical (unpaired) electrons. The predicted molar refractivity (Wildman–Crippen MR) is 132 cm³/mol. The van der Waals surface area contributed by atoms with Crippen molar-refractivity contribution in [3.8, 4) is 5.75 Å². The van der Waals surface area contributed by atoms with Crippen LogP contribution >= 0.6 is 11.1 Å². The van der Waals surface area contributed by atoms with E-state index in [4.69, 9.17) is 20.6 Å². The lowest BCUT2D eigenvalue weighted by atomic mass is 9.98. The molecule has 0 spiro atoms. The summed E-state index contributed by atoms with van der Waals surface area (Å²) in [4.78, 5) is 12.6. The summed E-state index contributed by atoms with van der Waals surface area (Å²) in [5, 5.41) is 0. The summed E-state index contributed by atoms with van der Waals surface area (Å²) in [6, 6.07) is 6.98. The number of carbonyl (C=O) groups is 1. The molecule has 168 valence electrons. The summed E-state index contributed by atoms with van der Waals surface area (Å²) in [5.41, 5.74) is 3.37. The van der Waals surface area contributed by atoms with Gasteiger partial charge in [-0.3, -0.25) is 4.79 Å². The molecule has 1 saturated carbocycles. The number of benzene rings is 1. The maximum atomic E-state index is 12.6. The molecule has 1 fully saturated rings. The van der Waals surface area contributed by atoms with Crippen molar-refractivity contribution in [2.45, 2.75) is 70.9 Å². The van der Waals surface area contributed by atoms with Crippen molar-refractivity contribution in [3.63, 3.8) is 0 Å². The standard InChI is InChI=1S/C26H35ClO3Si/c1-6-20-16-19(9-13-24(20)29-18(2)3)10-14-25(28)30-26-22-11-12-23(26)21(17-22)8-7-15-31(4,5)27/h6-9,13,16-18,22-23,26H,1,10-12,14-15H2,2-5H3/b8-7+/t22?,23?,26-/m0/s1. The van der Waals surface area contributed by atoms with Crippen molar-refractivity contribution in [2.24, 2.45) is 11.8 Å². The van der Waals surface area contributed by atoms with Crippen LogP contribution in [0.15, 0.2) is 48.6 Å². The van der Waals surface area contributed by atoms with Crippen molar-refractivity contribution in [1.82, 2.24) is 0 Å². The molecule has 0 aromatic heterocycles. The van der Waals surface area contributed by atoms with Gasteiger partial charge in [-0.2, -0.15) is 11.1 Å². The normalized spacial score (nSPS) is 22.8. The van der Waals surface area contributed by atoms with Crippen LogP contribution < -0.4 is 4.74 Å². The lowest BCUT2D eigenvalue weighted by Crippen LogP contribution is -2.24. The first-order chi connectivity index (χ1) is 14.7. The Hall–Kier alpha value is -1.78. The first kappa shape index (κ1) is 23.9. The van der Waals surface area contributed by atoms with Crippen molar-refractivity contribution in [2.75, 3.05) is 0 Å². The van der Waals surface area contributed by atoms with Crippen LogP contribution in [-0.4, -0.2) is 25.6 Å². The third-order valence-corrected chi connectivity index (χ3v) is 7.59. The third-order valence-electron chi connectivity index (χ3n) is 5.92. The summed E-state index contributed by atoms with van der Waals surface area (Å²) in [7, 11) is -1.60. The van der Waals surface area contributed by atoms with Gasteiger partial charge in [0.05, 0.1) is 6.10 Å². The monoisotopic (exact) mass is 458 g/mol. The van der Waals surface area contributed by atoms with Crippen LogP contribution in [0.1, 0.15) is 44.2 Å². The van der Waals surface area contributed by atoms with Crippen LogP contribution in [0, 0.1) is 11.8 Å². The molecule has 0 N–H and O–H groups in total. The van der Waals surface area contributed by atoms with Crippen molar-refractivity contribution in [3.05, 3.63) is 59.7 Å². The van der Waals surface area contributed by atoms with Gasteiger partial charge in [-0.25, -0.2) is 0 Å². The summed E-state index contributed by atoms with van der Waals surface area (Å²) < 4.78 is 11.8. The second-order valence-corrected chi connectivity index (χ2v) is 16.5. The fraction of sp³-hybridized carbons (Fsp3) is 0.500. The molecule has 2 aliphatic rings. The topological polar surface area (TPSA) is 35.5 Å². The molecule has 3 atom stereocenters. The lowest BCUT2D eigenvalue weighted by Gasteiger charge is -2.18. The van der Waals surface area contributed by atoms with E-state index in [2.05, 4.69) is 37.9 Å². The number of carbonyl (C=O) groups excluding carboxylic acids is 1. The molecule has 31 heavy (non-hydrogen) atoms. The molecule has 3 nitrogen and oxygen atoms in total. The smallest absolute Gasteiger partial charge is 0.306 e. The van der Waals surface area contributed by atoms with Gasteiger partial charge >= 0.3 is 5.97 Å². The number of allylic oxidation sites excluding steroid dienone is 2. The second kappa shape index (κ2) is 10.2. The molecule has 0 saturated heterocycles. The lowest BCUT2D eigenvalue weighted by molar-refractivity contribution is -0.150. The number of hydrogen-bond acceptors (Lipinski definition) is 3. The van der Waals surface area contributed by atoms with Crippen molar-refractivity contribution >= 4 is 30.5 Å². The number of halogens is 1. The molecule has 2 bridgehead atoms. The van der Waals surface area contributed by atoms with Gasteiger partial charge in [0, 0.05) is 23.8 Å². The van der Waals surface area contributed by atoms with E-state index in [1.54, 1.807) is 6.08 Å². The number of hydrogen-bond donors (Lipinski definition) is 0. The van der Waals surface area contributed by atoms with E-state index in [0.717, 1.165) is 35.8 Å². The van der Waals surface area contributed by atoms with E-state index < -0.39 is 7.38 Å². The Morgan fingerprint density at radius 2 is 2.10 bits per heavy atom. The van der Waals surface area contributed by atoms with Crippen LogP contribution in [0.5, 0.6) is 5.75 Å². The minimum atomic E-state index is -1.60. The highest BCUT2D eigenvalue weighted by Crippen LogP contribution is 2.46. The molecule has 0 aliphatic heterocycles. The number of esters is 1. The second-order valence-electron chi connectivity index (χ2n) is 9.54. The van der Waals surface area contributed by atoms with Gasteiger partial charge in [0.15, 0.2) is 7.38 Å². The van der Waals surface area contributed by atoms with E-state index >= 15 is 0 Å². The highest BCUT2D eigenvalue weighted by Gasteiger charge is 2.44. The van der Waals surface area contributed by atoms with Crippen LogP contribution in [0.2, 0.25) is 19.1 Å². The highest BCUT2D eigenvalue weighted by atomic mass is 35.6. The fourth-order valence-electron chi connectivity index (χ4n) is 4.46. The summed E-state index contributed by atoms with van der Waals surface area (Å²) in [6.07, 6.45) is 11.9. The molecule has 0 amide bonds. The van der Waals surface area contributed by atoms with Crippen LogP contribution in [0.25, 0.3) is 6.08 Å². The quantitative estimate of drug-likeness (QED) is 0.216. The molecule has 1 aromatic rings. The number of aryl methyl sites for hydroxylation is 1. The molecule has 3 rings (SSSR count). The zero-order valence-electron chi connectivity index (χ0n) is 19.2. The minimum Gasteiger partial charge on any atom is -0.490 e. The van der Waals surface area contributed by atoms with Gasteiger partial charge < -0.3 is 9.47 Å². The van der Waals surface area contributed by atoms with E-state index in [1.807, 2.05) is 32.0 Å². The van der Waals surface area contributed by atoms with Crippen molar-refractivity contribution < 1.29 is 14.3 Å². The molecular formula is C26H35ClO3Si. The van der Waals surface area contributed by atoms with Gasteiger partial charge in [0.1, 0.15) is 11.9 Å².